The summed E-state index contributed by atoms with van der Waals surface area (Å²) in [6.07, 6.45) is 3.08. The average molecular weight is 287 g/mol. The number of carbonyl (C=O) groups is 2. The number of hydrogen-bond acceptors (Lipinski definition) is 4. The number of para-hydroxylation sites is 2. The highest BCUT2D eigenvalue weighted by Gasteiger charge is 2.16. The van der Waals surface area contributed by atoms with Crippen molar-refractivity contribution in [3.05, 3.63) is 36.7 Å². The Morgan fingerprint density at radius 1 is 1.14 bits per heavy atom. The van der Waals surface area contributed by atoms with Crippen molar-refractivity contribution in [2.45, 2.75) is 0 Å². The number of aromatic nitrogens is 2. The molecule has 1 heterocycles. The van der Waals surface area contributed by atoms with Crippen LogP contribution >= 0.6 is 0 Å². The second kappa shape index (κ2) is 6.08. The number of aryl methyl sites for hydroxylation is 1. The van der Waals surface area contributed by atoms with Crippen LogP contribution in [0.25, 0.3) is 0 Å². The molecule has 0 aliphatic heterocycles. The first-order chi connectivity index (χ1) is 9.97. The second-order valence-corrected chi connectivity index (χ2v) is 4.72. The van der Waals surface area contributed by atoms with Crippen molar-refractivity contribution < 1.29 is 9.59 Å². The third-order valence-corrected chi connectivity index (χ3v) is 2.80. The van der Waals surface area contributed by atoms with Gasteiger partial charge in [0.1, 0.15) is 0 Å². The quantitative estimate of drug-likeness (QED) is 0.827. The second-order valence-electron chi connectivity index (χ2n) is 4.72. The lowest BCUT2D eigenvalue weighted by molar-refractivity contribution is -0.132. The van der Waals surface area contributed by atoms with Gasteiger partial charge in [-0.3, -0.25) is 14.3 Å². The number of nitrogens with one attached hydrogen (secondary N) is 2. The summed E-state index contributed by atoms with van der Waals surface area (Å²) in [4.78, 5) is 25.6. The fourth-order valence-electron chi connectivity index (χ4n) is 1.82. The van der Waals surface area contributed by atoms with Gasteiger partial charge in [0.2, 0.25) is 0 Å². The molecule has 0 saturated carbocycles. The molecule has 0 aliphatic rings. The van der Waals surface area contributed by atoms with Crippen molar-refractivity contribution in [2.24, 2.45) is 7.05 Å². The summed E-state index contributed by atoms with van der Waals surface area (Å²) in [6, 6.07) is 7.25. The number of amides is 2. The topological polar surface area (TPSA) is 79.3 Å². The van der Waals surface area contributed by atoms with E-state index in [2.05, 4.69) is 15.7 Å². The molecule has 0 saturated heterocycles. The summed E-state index contributed by atoms with van der Waals surface area (Å²) in [5.41, 5.74) is 1.87. The van der Waals surface area contributed by atoms with Gasteiger partial charge in [-0.15, -0.1) is 0 Å². The summed E-state index contributed by atoms with van der Waals surface area (Å²) in [5, 5.41) is 9.00. The first-order valence-corrected chi connectivity index (χ1v) is 6.34. The Balaban J connectivity index is 2.06. The van der Waals surface area contributed by atoms with Gasteiger partial charge in [-0.05, 0) is 12.1 Å². The molecule has 0 radical (unpaired) electrons. The highest BCUT2D eigenvalue weighted by atomic mass is 16.2. The number of carbonyl (C=O) groups excluding carboxylic acids is 2. The van der Waals surface area contributed by atoms with E-state index in [1.807, 2.05) is 31.1 Å². The van der Waals surface area contributed by atoms with E-state index < -0.39 is 11.8 Å². The van der Waals surface area contributed by atoms with E-state index in [4.69, 9.17) is 0 Å². The normalized spacial score (nSPS) is 10.0. The van der Waals surface area contributed by atoms with Crippen LogP contribution in [-0.2, 0) is 16.6 Å². The van der Waals surface area contributed by atoms with E-state index in [0.717, 1.165) is 5.69 Å². The Bertz CT molecular complexity index is 663. The number of anilines is 3. The molecule has 7 heteroatoms. The van der Waals surface area contributed by atoms with Crippen LogP contribution in [0.15, 0.2) is 36.7 Å². The molecule has 2 aromatic rings. The van der Waals surface area contributed by atoms with E-state index in [9.17, 15) is 9.59 Å². The third-order valence-electron chi connectivity index (χ3n) is 2.80. The molecule has 0 fully saturated rings. The lowest BCUT2D eigenvalue weighted by Gasteiger charge is -2.17. The van der Waals surface area contributed by atoms with Gasteiger partial charge in [-0.1, -0.05) is 12.1 Å². The maximum atomic E-state index is 11.9. The zero-order chi connectivity index (χ0) is 15.4. The van der Waals surface area contributed by atoms with Crippen LogP contribution in [0.3, 0.4) is 0 Å². The van der Waals surface area contributed by atoms with E-state index in [0.29, 0.717) is 11.4 Å². The lowest BCUT2D eigenvalue weighted by atomic mass is 10.2. The zero-order valence-electron chi connectivity index (χ0n) is 12.1. The monoisotopic (exact) mass is 287 g/mol. The van der Waals surface area contributed by atoms with Crippen LogP contribution in [-0.4, -0.2) is 35.7 Å². The van der Waals surface area contributed by atoms with E-state index in [1.165, 1.54) is 10.9 Å². The molecule has 2 N–H and O–H groups in total. The van der Waals surface area contributed by atoms with Crippen molar-refractivity contribution in [2.75, 3.05) is 29.6 Å². The minimum Gasteiger partial charge on any atom is -0.376 e. The fourth-order valence-corrected chi connectivity index (χ4v) is 1.82. The van der Waals surface area contributed by atoms with Crippen LogP contribution in [0.5, 0.6) is 0 Å². The summed E-state index contributed by atoms with van der Waals surface area (Å²) < 4.78 is 1.54. The van der Waals surface area contributed by atoms with Crippen molar-refractivity contribution in [3.8, 4) is 0 Å². The molecular formula is C14H17N5O2. The van der Waals surface area contributed by atoms with Gasteiger partial charge in [0, 0.05) is 27.3 Å². The molecule has 21 heavy (non-hydrogen) atoms. The van der Waals surface area contributed by atoms with Crippen LogP contribution in [0.4, 0.5) is 17.1 Å². The Morgan fingerprint density at radius 3 is 2.43 bits per heavy atom. The van der Waals surface area contributed by atoms with Gasteiger partial charge in [0.15, 0.2) is 0 Å². The molecule has 1 aromatic heterocycles. The number of hydrogen-bond donors (Lipinski definition) is 2. The fraction of sp³-hybridized carbons (Fsp3) is 0.214. The Hall–Kier alpha value is -2.83. The van der Waals surface area contributed by atoms with Crippen molar-refractivity contribution in [3.63, 3.8) is 0 Å². The molecule has 110 valence electrons. The van der Waals surface area contributed by atoms with Gasteiger partial charge in [-0.25, -0.2) is 0 Å². The highest BCUT2D eigenvalue weighted by Crippen LogP contribution is 2.23. The summed E-state index contributed by atoms with van der Waals surface area (Å²) in [6.45, 7) is 0. The molecule has 7 nitrogen and oxygen atoms in total. The van der Waals surface area contributed by atoms with E-state index in [1.54, 1.807) is 25.4 Å². The molecule has 1 aromatic carbocycles. The van der Waals surface area contributed by atoms with Crippen LogP contribution < -0.4 is 15.5 Å². The number of nitrogens with zero attached hydrogens (tertiary/aromatic N) is 3. The van der Waals surface area contributed by atoms with Crippen molar-refractivity contribution in [1.82, 2.24) is 9.78 Å². The minimum absolute atomic E-state index is 0.471. The van der Waals surface area contributed by atoms with Gasteiger partial charge < -0.3 is 15.5 Å². The summed E-state index contributed by atoms with van der Waals surface area (Å²) in [7, 11) is 5.45. The number of rotatable bonds is 3. The van der Waals surface area contributed by atoms with Crippen LogP contribution in [0, 0.1) is 0 Å². The van der Waals surface area contributed by atoms with Gasteiger partial charge in [0.05, 0.1) is 23.3 Å². The first-order valence-electron chi connectivity index (χ1n) is 6.34. The molecule has 0 aliphatic carbocycles. The molecule has 2 rings (SSSR count). The predicted molar refractivity (Wildman–Crippen MR) is 81.2 cm³/mol. The average Bonchev–Trinajstić information content (AvgIpc) is 2.84. The Morgan fingerprint density at radius 2 is 1.81 bits per heavy atom. The zero-order valence-corrected chi connectivity index (χ0v) is 12.1. The largest absolute Gasteiger partial charge is 0.376 e. The third kappa shape index (κ3) is 3.59. The lowest BCUT2D eigenvalue weighted by Crippen LogP contribution is -2.29. The van der Waals surface area contributed by atoms with Crippen LogP contribution in [0.1, 0.15) is 0 Å². The predicted octanol–water partition coefficient (Wildman–Crippen LogP) is 1.06. The van der Waals surface area contributed by atoms with Gasteiger partial charge in [0.25, 0.3) is 0 Å². The molecule has 0 bridgehead atoms. The minimum atomic E-state index is -0.739. The van der Waals surface area contributed by atoms with E-state index >= 15 is 0 Å². The Kier molecular flexibility index (Phi) is 4.22. The van der Waals surface area contributed by atoms with Crippen molar-refractivity contribution in [1.29, 1.82) is 0 Å². The highest BCUT2D eigenvalue weighted by molar-refractivity contribution is 6.43. The maximum absolute atomic E-state index is 11.9. The van der Waals surface area contributed by atoms with Gasteiger partial charge >= 0.3 is 11.8 Å². The standard InChI is InChI=1S/C14H17N5O2/c1-18(2)12-7-5-4-6-11(12)17-14(21)13(20)16-10-8-15-19(3)9-10/h4-9H,1-3H3,(H,16,20)(H,17,21). The molecular weight excluding hydrogens is 270 g/mol. The molecule has 2 amide bonds. The SMILES string of the molecule is CN(C)c1ccccc1NC(=O)C(=O)Nc1cnn(C)c1. The molecule has 0 unspecified atom stereocenters. The van der Waals surface area contributed by atoms with Gasteiger partial charge in [-0.2, -0.15) is 5.10 Å². The van der Waals surface area contributed by atoms with E-state index in [-0.39, 0.29) is 0 Å². The van der Waals surface area contributed by atoms with Crippen molar-refractivity contribution >= 4 is 28.9 Å². The summed E-state index contributed by atoms with van der Waals surface area (Å²) >= 11 is 0. The van der Waals surface area contributed by atoms with Crippen LogP contribution in [0.2, 0.25) is 0 Å². The number of benzene rings is 1. The molecule has 0 atom stereocenters. The Labute approximate surface area is 122 Å². The maximum Gasteiger partial charge on any atom is 0.314 e. The summed E-state index contributed by atoms with van der Waals surface area (Å²) in [5.74, 6) is -1.47. The first kappa shape index (κ1) is 14.6. The molecule has 0 spiro atoms. The smallest absolute Gasteiger partial charge is 0.314 e.